The number of aromatic amines is 2. The number of H-pyrrole nitrogens is 2. The first kappa shape index (κ1) is 32.7. The molecule has 0 saturated heterocycles. The maximum atomic E-state index is 12.2. The predicted molar refractivity (Wildman–Crippen MR) is 189 cm³/mol. The average molecular weight is 765 g/mol. The van der Waals surface area contributed by atoms with Gasteiger partial charge in [0, 0.05) is 68.1 Å². The highest BCUT2D eigenvalue weighted by Crippen LogP contribution is 2.39. The lowest BCUT2D eigenvalue weighted by Crippen LogP contribution is -1.98. The first-order chi connectivity index (χ1) is 25.6. The molecule has 54 heavy (non-hydrogen) atoms. The number of non-ortho nitro benzene ring substituents is 2. The van der Waals surface area contributed by atoms with Crippen molar-refractivity contribution in [2.75, 3.05) is 0 Å². The van der Waals surface area contributed by atoms with E-state index in [1.807, 2.05) is 0 Å². The summed E-state index contributed by atoms with van der Waals surface area (Å²) in [7, 11) is -9.39. The molecule has 5 heterocycles. The summed E-state index contributed by atoms with van der Waals surface area (Å²) in [6.45, 7) is 0. The molecule has 0 aliphatic carbocycles. The van der Waals surface area contributed by atoms with E-state index < -0.39 is 39.9 Å². The fraction of sp³-hybridized carbons (Fsp3) is 0. The molecule has 0 spiro atoms. The Morgan fingerprint density at radius 3 is 1.17 bits per heavy atom. The normalized spacial score (nSPS) is 12.5. The summed E-state index contributed by atoms with van der Waals surface area (Å²) >= 11 is 0. The van der Waals surface area contributed by atoms with Gasteiger partial charge in [-0.15, -0.1) is 0 Å². The second-order valence-electron chi connectivity index (χ2n) is 11.9. The standard InChI is InChI=1S/C32H16N10O10S2/c43-41(44)13-1-5-17-21(9-13)29-35-25(17)33-27-19-7-3-15(53(47,48)49)11-23(19)32(37-27)40-30-22-10-14(42(45)46)2-6-18(22)26(36-30)34-28-20-8-4-16(54(50,51)52)12-24(20)31(38-28)39-29/h1-12H,(H,47,48,49)(H,50,51,52)(H2,33,34,35,36,37,38,39,40). The number of fused-ring (bicyclic) bond motifs is 20. The summed E-state index contributed by atoms with van der Waals surface area (Å²) in [6.07, 6.45) is 0. The molecule has 0 saturated carbocycles. The Morgan fingerprint density at radius 1 is 0.463 bits per heavy atom. The van der Waals surface area contributed by atoms with Gasteiger partial charge >= 0.3 is 0 Å². The molecule has 0 radical (unpaired) electrons. The van der Waals surface area contributed by atoms with E-state index in [-0.39, 0.29) is 90.3 Å². The first-order valence-electron chi connectivity index (χ1n) is 15.3. The van der Waals surface area contributed by atoms with E-state index in [1.54, 1.807) is 0 Å². The number of nitrogens with zero attached hydrogens (tertiary/aromatic N) is 8. The van der Waals surface area contributed by atoms with Crippen molar-refractivity contribution in [1.82, 2.24) is 39.9 Å². The van der Waals surface area contributed by atoms with Crippen molar-refractivity contribution in [1.29, 1.82) is 0 Å². The lowest BCUT2D eigenvalue weighted by Gasteiger charge is -2.02. The predicted octanol–water partition coefficient (Wildman–Crippen LogP) is 5.18. The van der Waals surface area contributed by atoms with E-state index in [0.29, 0.717) is 10.8 Å². The van der Waals surface area contributed by atoms with Gasteiger partial charge < -0.3 is 9.97 Å². The summed E-state index contributed by atoms with van der Waals surface area (Å²) in [4.78, 5) is 55.2. The second kappa shape index (κ2) is 11.2. The summed E-state index contributed by atoms with van der Waals surface area (Å²) in [5.41, 5.74) is 0.427. The van der Waals surface area contributed by atoms with Gasteiger partial charge in [0.15, 0.2) is 23.3 Å². The van der Waals surface area contributed by atoms with Crippen molar-refractivity contribution < 1.29 is 35.8 Å². The molecule has 266 valence electrons. The van der Waals surface area contributed by atoms with Crippen molar-refractivity contribution >= 4 is 75.7 Å². The molecule has 3 aromatic heterocycles. The molecule has 20 nitrogen and oxygen atoms in total. The van der Waals surface area contributed by atoms with Gasteiger partial charge in [0.05, 0.1) is 19.6 Å². The monoisotopic (exact) mass is 764 g/mol. The van der Waals surface area contributed by atoms with E-state index in [0.717, 1.165) is 24.3 Å². The zero-order valence-corrected chi connectivity index (χ0v) is 28.1. The van der Waals surface area contributed by atoms with Gasteiger partial charge in [-0.25, -0.2) is 29.9 Å². The van der Waals surface area contributed by atoms with Crippen LogP contribution in [0, 0.1) is 20.2 Å². The smallest absolute Gasteiger partial charge is 0.294 e. The minimum atomic E-state index is -4.69. The van der Waals surface area contributed by atoms with Crippen LogP contribution in [-0.2, 0) is 20.2 Å². The number of nitro benzene ring substituents is 2. The van der Waals surface area contributed by atoms with Gasteiger partial charge in [-0.3, -0.25) is 29.3 Å². The highest BCUT2D eigenvalue weighted by Gasteiger charge is 2.26. The third-order valence-corrected chi connectivity index (χ3v) is 10.5. The molecule has 2 aliphatic rings. The Bertz CT molecular complexity index is 3090. The van der Waals surface area contributed by atoms with Gasteiger partial charge in [0.25, 0.3) is 31.6 Å². The molecule has 0 unspecified atom stereocenters. The number of hydrogen-bond acceptors (Lipinski definition) is 14. The first-order valence-corrected chi connectivity index (χ1v) is 18.1. The van der Waals surface area contributed by atoms with E-state index in [1.165, 1.54) is 48.5 Å². The van der Waals surface area contributed by atoms with Gasteiger partial charge in [0.1, 0.15) is 22.6 Å². The highest BCUT2D eigenvalue weighted by molar-refractivity contribution is 7.86. The molecule has 22 heteroatoms. The number of nitrogens with one attached hydrogen (secondary N) is 2. The molecule has 9 rings (SSSR count). The number of benzene rings is 4. The minimum Gasteiger partial charge on any atom is -0.324 e. The topological polar surface area (TPSA) is 304 Å². The molecule has 4 N–H and O–H groups in total. The highest BCUT2D eigenvalue weighted by atomic mass is 32.2. The van der Waals surface area contributed by atoms with Crippen molar-refractivity contribution in [3.05, 3.63) is 93.0 Å². The maximum Gasteiger partial charge on any atom is 0.294 e. The van der Waals surface area contributed by atoms with Crippen LogP contribution in [0.4, 0.5) is 11.4 Å². The summed E-state index contributed by atoms with van der Waals surface area (Å²) in [5, 5.41) is 24.7. The summed E-state index contributed by atoms with van der Waals surface area (Å²) < 4.78 is 68.3. The van der Waals surface area contributed by atoms with Crippen molar-refractivity contribution in [2.45, 2.75) is 9.79 Å². The molecular weight excluding hydrogens is 749 g/mol. The fourth-order valence-corrected chi connectivity index (χ4v) is 7.29. The van der Waals surface area contributed by atoms with Crippen molar-refractivity contribution in [3.63, 3.8) is 0 Å². The van der Waals surface area contributed by atoms with Crippen LogP contribution in [0.1, 0.15) is 0 Å². The van der Waals surface area contributed by atoms with Crippen LogP contribution in [-0.4, -0.2) is 75.7 Å². The van der Waals surface area contributed by atoms with Gasteiger partial charge in [-0.2, -0.15) is 16.8 Å². The maximum absolute atomic E-state index is 12.2. The van der Waals surface area contributed by atoms with Gasteiger partial charge in [0.2, 0.25) is 0 Å². The van der Waals surface area contributed by atoms with Crippen LogP contribution in [0.2, 0.25) is 0 Å². The van der Waals surface area contributed by atoms with Crippen LogP contribution < -0.4 is 0 Å². The Morgan fingerprint density at radius 2 is 0.815 bits per heavy atom. The molecule has 0 amide bonds. The van der Waals surface area contributed by atoms with E-state index in [9.17, 15) is 46.2 Å². The van der Waals surface area contributed by atoms with Crippen LogP contribution >= 0.6 is 0 Å². The van der Waals surface area contributed by atoms with E-state index >= 15 is 0 Å². The van der Waals surface area contributed by atoms with Crippen LogP contribution in [0.15, 0.2) is 82.6 Å². The molecule has 7 aromatic rings. The number of nitro groups is 2. The Balaban J connectivity index is 1.49. The van der Waals surface area contributed by atoms with Gasteiger partial charge in [-0.05, 0) is 48.5 Å². The number of hydrogen-bond donors (Lipinski definition) is 4. The lowest BCUT2D eigenvalue weighted by molar-refractivity contribution is -0.384. The van der Waals surface area contributed by atoms with E-state index in [2.05, 4.69) is 39.9 Å². The number of rotatable bonds is 4. The second-order valence-corrected chi connectivity index (χ2v) is 14.8. The van der Waals surface area contributed by atoms with Crippen LogP contribution in [0.5, 0.6) is 0 Å². The largest absolute Gasteiger partial charge is 0.324 e. The average Bonchev–Trinajstić information content (AvgIpc) is 3.85. The summed E-state index contributed by atoms with van der Waals surface area (Å²) in [6, 6.07) is 15.1. The molecule has 8 bridgehead atoms. The third kappa shape index (κ3) is 5.20. The molecular formula is C32H16N10O10S2. The van der Waals surface area contributed by atoms with Crippen LogP contribution in [0.3, 0.4) is 0 Å². The van der Waals surface area contributed by atoms with Gasteiger partial charge in [-0.1, -0.05) is 0 Å². The lowest BCUT2D eigenvalue weighted by atomic mass is 10.1. The Labute approximate surface area is 299 Å². The quantitative estimate of drug-likeness (QED) is 0.102. The van der Waals surface area contributed by atoms with Crippen LogP contribution in [0.25, 0.3) is 89.7 Å². The van der Waals surface area contributed by atoms with Crippen molar-refractivity contribution in [2.24, 2.45) is 0 Å². The SMILES string of the molecule is O=[N+]([O-])c1ccc2c3nc4nc(nc5[nH]c(nc6nc(nc([nH]3)c2c1)-c1cc(S(=O)(=O)O)ccc1-6)c1ccc([N+](=O)[O-])cc51)-c1cc(S(=O)(=O)O)ccc1-4. The fourth-order valence-electron chi connectivity index (χ4n) is 6.28. The molecule has 0 atom stereocenters. The third-order valence-electron chi connectivity index (χ3n) is 8.76. The molecule has 2 aliphatic heterocycles. The zero-order chi connectivity index (χ0) is 37.8. The minimum absolute atomic E-state index is 0.00509. The molecule has 0 fully saturated rings. The Hall–Kier alpha value is -7.14. The molecule has 4 aromatic carbocycles. The van der Waals surface area contributed by atoms with Crippen molar-refractivity contribution in [3.8, 4) is 45.6 Å². The summed E-state index contributed by atoms with van der Waals surface area (Å²) in [5.74, 6) is -0.212. The van der Waals surface area contributed by atoms with E-state index in [4.69, 9.17) is 0 Å². The zero-order valence-electron chi connectivity index (χ0n) is 26.5. The Kier molecular flexibility index (Phi) is 6.78. The number of aromatic nitrogens is 8.